The van der Waals surface area contributed by atoms with Crippen LogP contribution >= 0.6 is 0 Å². The summed E-state index contributed by atoms with van der Waals surface area (Å²) in [7, 11) is 0. The number of nitrogens with one attached hydrogen (secondary N) is 1. The molecule has 182 valence electrons. The van der Waals surface area contributed by atoms with E-state index < -0.39 is 24.0 Å². The third-order valence-electron chi connectivity index (χ3n) is 6.73. The Balaban J connectivity index is 1.30. The van der Waals surface area contributed by atoms with Crippen molar-refractivity contribution in [2.45, 2.75) is 43.9 Å². The second-order valence-electron chi connectivity index (χ2n) is 8.99. The van der Waals surface area contributed by atoms with Gasteiger partial charge in [-0.1, -0.05) is 12.5 Å². The summed E-state index contributed by atoms with van der Waals surface area (Å²) in [6.45, 7) is 3.27. The van der Waals surface area contributed by atoms with Crippen molar-refractivity contribution in [3.8, 4) is 0 Å². The number of amidine groups is 2. The fourth-order valence-corrected chi connectivity index (χ4v) is 4.85. The van der Waals surface area contributed by atoms with Gasteiger partial charge >= 0.3 is 6.18 Å². The highest BCUT2D eigenvalue weighted by Crippen LogP contribution is 2.36. The highest BCUT2D eigenvalue weighted by atomic mass is 19.4. The van der Waals surface area contributed by atoms with Crippen molar-refractivity contribution in [2.24, 2.45) is 38.5 Å². The first-order chi connectivity index (χ1) is 15.8. The highest BCUT2D eigenvalue weighted by molar-refractivity contribution is 5.96. The Hall–Kier alpha value is -2.27. The summed E-state index contributed by atoms with van der Waals surface area (Å²) in [6, 6.07) is -0.486. The summed E-state index contributed by atoms with van der Waals surface area (Å²) < 4.78 is 43.5. The van der Waals surface area contributed by atoms with Crippen LogP contribution in [0.2, 0.25) is 0 Å². The van der Waals surface area contributed by atoms with Crippen LogP contribution in [-0.4, -0.2) is 86.3 Å². The summed E-state index contributed by atoms with van der Waals surface area (Å²) >= 11 is 0. The number of fused-ring (bicyclic) bond motifs is 1. The van der Waals surface area contributed by atoms with E-state index in [4.69, 9.17) is 15.5 Å². The van der Waals surface area contributed by atoms with Gasteiger partial charge in [0.15, 0.2) is 0 Å². The molecule has 3 N–H and O–H groups in total. The Morgan fingerprint density at radius 2 is 2.12 bits per heavy atom. The molecule has 4 rings (SSSR count). The molecule has 0 aromatic heterocycles. The predicted molar refractivity (Wildman–Crippen MR) is 120 cm³/mol. The average Bonchev–Trinajstić information content (AvgIpc) is 3.11. The Kier molecular flexibility index (Phi) is 7.48. The van der Waals surface area contributed by atoms with Gasteiger partial charge in [0.1, 0.15) is 5.84 Å². The maximum absolute atomic E-state index is 13.0. The van der Waals surface area contributed by atoms with E-state index >= 15 is 0 Å². The summed E-state index contributed by atoms with van der Waals surface area (Å²) in [6.07, 6.45) is 4.39. The third-order valence-corrected chi connectivity index (χ3v) is 6.73. The van der Waals surface area contributed by atoms with Gasteiger partial charge < -0.3 is 20.7 Å². The molecule has 3 aliphatic heterocycles. The van der Waals surface area contributed by atoms with Gasteiger partial charge in [0, 0.05) is 56.3 Å². The number of nitrogens with zero attached hydrogens (tertiary/aromatic N) is 4. The third kappa shape index (κ3) is 5.81. The predicted octanol–water partition coefficient (Wildman–Crippen LogP) is 1.57. The van der Waals surface area contributed by atoms with E-state index in [-0.39, 0.29) is 36.9 Å². The number of ether oxygens (including phenoxy) is 1. The Labute approximate surface area is 191 Å². The van der Waals surface area contributed by atoms with E-state index in [9.17, 15) is 18.0 Å². The fourth-order valence-electron chi connectivity index (χ4n) is 4.85. The fraction of sp³-hybridized carbons (Fsp3) is 0.727. The van der Waals surface area contributed by atoms with E-state index in [1.54, 1.807) is 0 Å². The minimum atomic E-state index is -4.56. The monoisotopic (exact) mass is 468 g/mol. The quantitative estimate of drug-likeness (QED) is 0.654. The standard InChI is InChI=1S/C22H31F3N6O2/c23-22(24,25)21-28-11-14(12-29-21)17(26)13-27-20(32)16-3-1-4-18-15(16)5-6-19(30-18)31-7-2-9-33-10-8-31/h5-6,11,14-18H,1-4,7-10,12-13,26H2,(H,27,32). The largest absolute Gasteiger partial charge is 0.451 e. The molecule has 3 heterocycles. The zero-order valence-corrected chi connectivity index (χ0v) is 18.5. The van der Waals surface area contributed by atoms with Crippen LogP contribution in [0.3, 0.4) is 0 Å². The molecule has 1 saturated carbocycles. The number of dihydropyridines is 1. The average molecular weight is 469 g/mol. The lowest BCUT2D eigenvalue weighted by Crippen LogP contribution is -2.49. The van der Waals surface area contributed by atoms with Crippen LogP contribution < -0.4 is 11.1 Å². The van der Waals surface area contributed by atoms with Crippen LogP contribution in [0, 0.1) is 17.8 Å². The van der Waals surface area contributed by atoms with E-state index in [0.29, 0.717) is 6.61 Å². The number of amides is 1. The number of carbonyl (C=O) groups is 1. The topological polar surface area (TPSA) is 105 Å². The summed E-state index contributed by atoms with van der Waals surface area (Å²) in [4.78, 5) is 27.1. The van der Waals surface area contributed by atoms with Crippen molar-refractivity contribution in [3.63, 3.8) is 0 Å². The minimum Gasteiger partial charge on any atom is -0.380 e. The van der Waals surface area contributed by atoms with E-state index in [0.717, 1.165) is 51.2 Å². The van der Waals surface area contributed by atoms with E-state index in [1.165, 1.54) is 6.21 Å². The van der Waals surface area contributed by atoms with Gasteiger partial charge in [-0.2, -0.15) is 13.2 Å². The van der Waals surface area contributed by atoms with Crippen molar-refractivity contribution in [2.75, 3.05) is 39.4 Å². The molecule has 8 nitrogen and oxygen atoms in total. The number of aliphatic imine (C=N–C) groups is 3. The number of hydrogen-bond donors (Lipinski definition) is 2. The van der Waals surface area contributed by atoms with Crippen molar-refractivity contribution in [1.82, 2.24) is 10.2 Å². The first-order valence-electron chi connectivity index (χ1n) is 11.6. The van der Waals surface area contributed by atoms with Gasteiger partial charge in [-0.3, -0.25) is 14.8 Å². The number of carbonyl (C=O) groups excluding carboxylic acids is 1. The number of rotatable bonds is 4. The summed E-state index contributed by atoms with van der Waals surface area (Å²) in [5, 5.41) is 2.90. The maximum Gasteiger partial charge on any atom is 0.451 e. The first kappa shape index (κ1) is 23.9. The second kappa shape index (κ2) is 10.3. The first-order valence-corrected chi connectivity index (χ1v) is 11.6. The molecule has 2 fully saturated rings. The molecule has 11 heteroatoms. The van der Waals surface area contributed by atoms with Gasteiger partial charge in [0.05, 0.1) is 19.2 Å². The highest BCUT2D eigenvalue weighted by Gasteiger charge is 2.39. The van der Waals surface area contributed by atoms with Crippen molar-refractivity contribution in [3.05, 3.63) is 12.2 Å². The minimum absolute atomic E-state index is 0.0390. The number of alkyl halides is 3. The van der Waals surface area contributed by atoms with Crippen LogP contribution in [-0.2, 0) is 9.53 Å². The maximum atomic E-state index is 13.0. The Morgan fingerprint density at radius 3 is 2.88 bits per heavy atom. The SMILES string of the molecule is NC(CNC(=O)C1CCCC2N=C(N3CCCOCC3)C=CC21)C1C=NC(C(F)(F)F)=NC1. The van der Waals surface area contributed by atoms with Gasteiger partial charge in [0.2, 0.25) is 11.7 Å². The molecule has 0 aromatic rings. The smallest absolute Gasteiger partial charge is 0.380 e. The van der Waals surface area contributed by atoms with Crippen LogP contribution in [0.15, 0.2) is 27.1 Å². The molecule has 1 saturated heterocycles. The number of halogens is 3. The van der Waals surface area contributed by atoms with Crippen molar-refractivity contribution >= 4 is 23.8 Å². The zero-order valence-electron chi connectivity index (χ0n) is 18.5. The molecule has 0 bridgehead atoms. The molecule has 33 heavy (non-hydrogen) atoms. The van der Waals surface area contributed by atoms with Crippen molar-refractivity contribution < 1.29 is 22.7 Å². The molecule has 5 unspecified atom stereocenters. The molecular weight excluding hydrogens is 437 g/mol. The summed E-state index contributed by atoms with van der Waals surface area (Å²) in [5.41, 5.74) is 6.12. The molecule has 0 aromatic carbocycles. The van der Waals surface area contributed by atoms with Gasteiger partial charge in [-0.15, -0.1) is 0 Å². The molecule has 1 amide bonds. The zero-order chi connectivity index (χ0) is 23.4. The molecular formula is C22H31F3N6O2. The van der Waals surface area contributed by atoms with Crippen molar-refractivity contribution in [1.29, 1.82) is 0 Å². The second-order valence-corrected chi connectivity index (χ2v) is 8.99. The van der Waals surface area contributed by atoms with E-state index in [1.807, 2.05) is 6.08 Å². The van der Waals surface area contributed by atoms with Gasteiger partial charge in [0.25, 0.3) is 0 Å². The lowest BCUT2D eigenvalue weighted by atomic mass is 9.74. The molecule has 0 spiro atoms. The number of hydrogen-bond acceptors (Lipinski definition) is 7. The lowest BCUT2D eigenvalue weighted by molar-refractivity contribution is -0.127. The molecule has 0 radical (unpaired) electrons. The molecule has 4 aliphatic rings. The van der Waals surface area contributed by atoms with Crippen LogP contribution in [0.5, 0.6) is 0 Å². The lowest BCUT2D eigenvalue weighted by Gasteiger charge is -2.37. The van der Waals surface area contributed by atoms with Gasteiger partial charge in [-0.25, -0.2) is 4.99 Å². The summed E-state index contributed by atoms with van der Waals surface area (Å²) in [5.74, 6) is -0.856. The molecule has 5 atom stereocenters. The van der Waals surface area contributed by atoms with Crippen LogP contribution in [0.1, 0.15) is 25.7 Å². The van der Waals surface area contributed by atoms with Crippen LogP contribution in [0.4, 0.5) is 13.2 Å². The Morgan fingerprint density at radius 1 is 1.27 bits per heavy atom. The normalized spacial score (nSPS) is 31.2. The molecule has 1 aliphatic carbocycles. The number of nitrogens with two attached hydrogens (primary N) is 1. The Bertz CT molecular complexity index is 832. The van der Waals surface area contributed by atoms with Crippen LogP contribution in [0.25, 0.3) is 0 Å². The van der Waals surface area contributed by atoms with Gasteiger partial charge in [-0.05, 0) is 25.3 Å². The van der Waals surface area contributed by atoms with E-state index in [2.05, 4.69) is 26.3 Å².